The van der Waals surface area contributed by atoms with E-state index < -0.39 is 29.3 Å². The van der Waals surface area contributed by atoms with Crippen molar-refractivity contribution in [3.05, 3.63) is 130 Å². The van der Waals surface area contributed by atoms with Crippen LogP contribution in [0.25, 0.3) is 26.5 Å². The number of carbonyl (C=O) groups is 1. The molecule has 0 spiro atoms. The van der Waals surface area contributed by atoms with Crippen molar-refractivity contribution < 1.29 is 32.5 Å². The summed E-state index contributed by atoms with van der Waals surface area (Å²) in [5, 5.41) is 0. The number of ketones is 1. The molecular weight excluding hydrogens is 640 g/mol. The second-order valence-corrected chi connectivity index (χ2v) is 11.8. The van der Waals surface area contributed by atoms with E-state index in [1.807, 2.05) is 18.2 Å². The number of benzene rings is 2. The first kappa shape index (κ1) is 31.3. The lowest BCUT2D eigenvalue weighted by Gasteiger charge is -2.13. The Bertz CT molecular complexity index is 2180. The summed E-state index contributed by atoms with van der Waals surface area (Å²) in [6, 6.07) is 18.4. The van der Waals surface area contributed by atoms with Crippen molar-refractivity contribution in [2.45, 2.75) is 19.6 Å². The molecule has 1 aliphatic heterocycles. The largest absolute Gasteiger partial charge is 0.493 e. The summed E-state index contributed by atoms with van der Waals surface area (Å²) >= 11 is 1.41. The maximum Gasteiger partial charge on any atom is 0.269 e. The first-order valence-electron chi connectivity index (χ1n) is 15.1. The molecule has 1 aliphatic rings. The molecule has 7 rings (SSSR count). The topological polar surface area (TPSA) is 102 Å². The van der Waals surface area contributed by atoms with Crippen molar-refractivity contribution in [3.63, 3.8) is 0 Å². The number of hydrogen-bond acceptors (Lipinski definition) is 9. The fraction of sp³-hybridized carbons (Fsp3) is 0.167. The average molecular weight is 668 g/mol. The Hall–Kier alpha value is -5.30. The van der Waals surface area contributed by atoms with Gasteiger partial charge in [-0.05, 0) is 67.1 Å². The quantitative estimate of drug-likeness (QED) is 0.139. The number of ether oxygens (including phenoxy) is 4. The van der Waals surface area contributed by atoms with Crippen molar-refractivity contribution in [2.75, 3.05) is 19.8 Å². The van der Waals surface area contributed by atoms with E-state index in [-0.39, 0.29) is 30.1 Å². The number of hydrogen-bond donors (Lipinski definition) is 0. The molecule has 48 heavy (non-hydrogen) atoms. The van der Waals surface area contributed by atoms with Gasteiger partial charge in [-0.25, -0.2) is 8.78 Å². The highest BCUT2D eigenvalue weighted by molar-refractivity contribution is 7.22. The maximum absolute atomic E-state index is 15.4. The molecule has 0 radical (unpaired) electrons. The van der Waals surface area contributed by atoms with Crippen LogP contribution in [0.4, 0.5) is 8.78 Å². The average Bonchev–Trinajstić information content (AvgIpc) is 3.79. The summed E-state index contributed by atoms with van der Waals surface area (Å²) in [5.41, 5.74) is 2.15. The Morgan fingerprint density at radius 3 is 2.50 bits per heavy atom. The van der Waals surface area contributed by atoms with Crippen LogP contribution >= 0.6 is 11.3 Å². The van der Waals surface area contributed by atoms with Gasteiger partial charge >= 0.3 is 0 Å². The number of Topliss-reactive ketones (excluding diaryl/α,β-unsaturated/α-hetero) is 1. The van der Waals surface area contributed by atoms with Gasteiger partial charge in [-0.1, -0.05) is 12.1 Å². The Labute approximate surface area is 277 Å². The van der Waals surface area contributed by atoms with Crippen LogP contribution in [0, 0.1) is 11.6 Å². The molecule has 6 aromatic rings. The minimum Gasteiger partial charge on any atom is -0.493 e. The van der Waals surface area contributed by atoms with E-state index in [0.717, 1.165) is 16.1 Å². The normalized spacial score (nSPS) is 13.2. The van der Waals surface area contributed by atoms with E-state index >= 15 is 4.39 Å². The van der Waals surface area contributed by atoms with Crippen LogP contribution in [0.3, 0.4) is 0 Å². The molecule has 0 N–H and O–H groups in total. The lowest BCUT2D eigenvalue weighted by molar-refractivity contribution is -0.0443. The first-order chi connectivity index (χ1) is 23.4. The molecule has 5 heterocycles. The molecule has 1 fully saturated rings. The van der Waals surface area contributed by atoms with E-state index in [4.69, 9.17) is 18.9 Å². The second kappa shape index (κ2) is 13.4. The number of carbonyl (C=O) groups excluding carboxylic acids is 1. The molecule has 0 amide bonds. The molecule has 9 nitrogen and oxygen atoms in total. The second-order valence-electron chi connectivity index (χ2n) is 10.8. The maximum atomic E-state index is 15.4. The molecule has 0 unspecified atom stereocenters. The van der Waals surface area contributed by atoms with Gasteiger partial charge in [-0.15, -0.1) is 11.3 Å². The van der Waals surface area contributed by atoms with E-state index in [0.29, 0.717) is 40.4 Å². The lowest BCUT2D eigenvalue weighted by Crippen LogP contribution is -2.27. The number of nitrogens with zero attached hydrogens (tertiary/aromatic N) is 3. The van der Waals surface area contributed by atoms with Crippen LogP contribution in [0.2, 0.25) is 0 Å². The fourth-order valence-electron chi connectivity index (χ4n) is 5.35. The predicted molar refractivity (Wildman–Crippen MR) is 175 cm³/mol. The SMILES string of the molecule is CCOc1ccn(-c2ccc(F)cc2)c(=O)c1C(=O)Cc1ccc(Oc2ccnc3cc(-c4ccc(C5OCCO5)cn4)sc23)c(F)c1. The highest BCUT2D eigenvalue weighted by Crippen LogP contribution is 2.39. The Balaban J connectivity index is 1.11. The summed E-state index contributed by atoms with van der Waals surface area (Å²) < 4.78 is 53.5. The van der Waals surface area contributed by atoms with Crippen LogP contribution in [0.1, 0.15) is 34.7 Å². The number of thiophene rings is 1. The van der Waals surface area contributed by atoms with Gasteiger partial charge in [0.25, 0.3) is 5.56 Å². The molecular formula is C36H27F2N3O6S. The summed E-state index contributed by atoms with van der Waals surface area (Å²) in [6.45, 7) is 3.05. The molecule has 2 aromatic carbocycles. The third-order valence-electron chi connectivity index (χ3n) is 7.63. The molecule has 0 atom stereocenters. The number of rotatable bonds is 10. The third kappa shape index (κ3) is 6.33. The minimum absolute atomic E-state index is 0.0407. The zero-order chi connectivity index (χ0) is 33.2. The standard InChI is InChI=1S/C36H27F2N3O6S/c1-2-44-30-12-14-41(24-7-5-23(37)6-8-24)35(43)33(30)28(42)18-21-3-10-29(25(38)17-21)47-31-11-13-39-27-19-32(48-34(27)31)26-9-4-22(20-40-26)36-45-15-16-46-36/h3-14,17,19-20,36H,2,15-16,18H2,1H3. The van der Waals surface area contributed by atoms with Gasteiger partial charge in [-0.3, -0.25) is 24.1 Å². The van der Waals surface area contributed by atoms with Gasteiger partial charge in [0.1, 0.15) is 22.9 Å². The summed E-state index contributed by atoms with van der Waals surface area (Å²) in [4.78, 5) is 36.8. The van der Waals surface area contributed by atoms with Crippen molar-refractivity contribution in [1.29, 1.82) is 0 Å². The van der Waals surface area contributed by atoms with Crippen molar-refractivity contribution in [2.24, 2.45) is 0 Å². The first-order valence-corrected chi connectivity index (χ1v) is 15.9. The molecule has 4 aromatic heterocycles. The fourth-order valence-corrected chi connectivity index (χ4v) is 6.39. The summed E-state index contributed by atoms with van der Waals surface area (Å²) in [6.07, 6.45) is 4.09. The number of aromatic nitrogens is 3. The monoisotopic (exact) mass is 667 g/mol. The lowest BCUT2D eigenvalue weighted by atomic mass is 10.0. The van der Waals surface area contributed by atoms with E-state index in [2.05, 4.69) is 9.97 Å². The van der Waals surface area contributed by atoms with Gasteiger partial charge in [0.05, 0.1) is 40.6 Å². The van der Waals surface area contributed by atoms with Crippen LogP contribution in [0.5, 0.6) is 17.2 Å². The minimum atomic E-state index is -0.683. The predicted octanol–water partition coefficient (Wildman–Crippen LogP) is 7.45. The molecule has 0 bridgehead atoms. The smallest absolute Gasteiger partial charge is 0.269 e. The number of pyridine rings is 3. The van der Waals surface area contributed by atoms with Gasteiger partial charge in [0.2, 0.25) is 0 Å². The number of fused-ring (bicyclic) bond motifs is 1. The Kier molecular flexibility index (Phi) is 8.76. The highest BCUT2D eigenvalue weighted by atomic mass is 32.1. The third-order valence-corrected chi connectivity index (χ3v) is 8.79. The van der Waals surface area contributed by atoms with Crippen LogP contribution in [-0.2, 0) is 15.9 Å². The van der Waals surface area contributed by atoms with Crippen molar-refractivity contribution >= 4 is 27.3 Å². The summed E-state index contributed by atoms with van der Waals surface area (Å²) in [5.74, 6) is -1.21. The van der Waals surface area contributed by atoms with Crippen LogP contribution in [0.15, 0.2) is 96.2 Å². The highest BCUT2D eigenvalue weighted by Gasteiger charge is 2.22. The molecule has 0 saturated carbocycles. The molecule has 1 saturated heterocycles. The zero-order valence-corrected chi connectivity index (χ0v) is 26.3. The van der Waals surface area contributed by atoms with Crippen molar-refractivity contribution in [3.8, 4) is 33.5 Å². The molecule has 0 aliphatic carbocycles. The Morgan fingerprint density at radius 1 is 0.958 bits per heavy atom. The summed E-state index contributed by atoms with van der Waals surface area (Å²) in [7, 11) is 0. The Morgan fingerprint density at radius 2 is 1.77 bits per heavy atom. The van der Waals surface area contributed by atoms with Gasteiger partial charge < -0.3 is 18.9 Å². The molecule has 242 valence electrons. The van der Waals surface area contributed by atoms with Crippen LogP contribution < -0.4 is 15.0 Å². The van der Waals surface area contributed by atoms with E-state index in [9.17, 15) is 14.0 Å². The van der Waals surface area contributed by atoms with E-state index in [1.54, 1.807) is 31.5 Å². The number of halogens is 2. The van der Waals surface area contributed by atoms with E-state index in [1.165, 1.54) is 64.6 Å². The zero-order valence-electron chi connectivity index (χ0n) is 25.5. The van der Waals surface area contributed by atoms with Gasteiger partial charge in [0.15, 0.2) is 23.6 Å². The molecule has 12 heteroatoms. The van der Waals surface area contributed by atoms with Gasteiger partial charge in [-0.2, -0.15) is 0 Å². The van der Waals surface area contributed by atoms with Crippen molar-refractivity contribution in [1.82, 2.24) is 14.5 Å². The van der Waals surface area contributed by atoms with Gasteiger partial charge in [0, 0.05) is 42.3 Å². The van der Waals surface area contributed by atoms with Crippen LogP contribution in [-0.4, -0.2) is 40.1 Å².